The predicted octanol–water partition coefficient (Wildman–Crippen LogP) is 5.29. The van der Waals surface area contributed by atoms with Gasteiger partial charge in [-0.1, -0.05) is 12.2 Å². The Bertz CT molecular complexity index is 1170. The van der Waals surface area contributed by atoms with Crippen LogP contribution in [0.4, 0.5) is 0 Å². The molecule has 1 aliphatic heterocycles. The van der Waals surface area contributed by atoms with E-state index >= 15 is 0 Å². The highest BCUT2D eigenvalue weighted by molar-refractivity contribution is 6.30. The van der Waals surface area contributed by atoms with Crippen LogP contribution in [0.2, 0.25) is 0 Å². The van der Waals surface area contributed by atoms with Gasteiger partial charge in [-0.25, -0.2) is 4.99 Å². The summed E-state index contributed by atoms with van der Waals surface area (Å²) in [4.78, 5) is 19.9. The van der Waals surface area contributed by atoms with Crippen LogP contribution in [0.25, 0.3) is 11.3 Å². The first-order valence-electron chi connectivity index (χ1n) is 10.4. The number of hydrogen-bond donors (Lipinski definition) is 2. The fourth-order valence-electron chi connectivity index (χ4n) is 3.52. The maximum atomic E-state index is 12.8. The molecule has 4 rings (SSSR count). The van der Waals surface area contributed by atoms with E-state index in [4.69, 9.17) is 9.47 Å². The topological polar surface area (TPSA) is 83.9 Å². The van der Waals surface area contributed by atoms with Gasteiger partial charge >= 0.3 is 0 Å². The van der Waals surface area contributed by atoms with Crippen molar-refractivity contribution >= 4 is 11.6 Å². The molecule has 3 aromatic rings. The number of fused-ring (bicyclic) bond motifs is 1. The number of aliphatic imine (C=N–C) groups is 1. The van der Waals surface area contributed by atoms with Gasteiger partial charge in [0.2, 0.25) is 0 Å². The van der Waals surface area contributed by atoms with E-state index in [-0.39, 0.29) is 11.8 Å². The highest BCUT2D eigenvalue weighted by Crippen LogP contribution is 2.38. The van der Waals surface area contributed by atoms with E-state index in [0.29, 0.717) is 35.7 Å². The van der Waals surface area contributed by atoms with Crippen LogP contribution >= 0.6 is 0 Å². The normalized spacial score (nSPS) is 12.2. The third kappa shape index (κ3) is 4.21. The maximum Gasteiger partial charge on any atom is 0.280 e. The molecule has 6 nitrogen and oxygen atoms in total. The Kier molecular flexibility index (Phi) is 6.22. The van der Waals surface area contributed by atoms with Crippen LogP contribution in [0, 0.1) is 0 Å². The summed E-state index contributed by atoms with van der Waals surface area (Å²) in [6, 6.07) is 14.6. The first-order chi connectivity index (χ1) is 15.6. The van der Waals surface area contributed by atoms with Crippen LogP contribution in [-0.4, -0.2) is 34.9 Å². The van der Waals surface area contributed by atoms with E-state index in [0.717, 1.165) is 35.5 Å². The Hall–Kier alpha value is -4.06. The minimum absolute atomic E-state index is 0.0859. The second-order valence-electron chi connectivity index (χ2n) is 7.26. The number of aromatic nitrogens is 1. The average Bonchev–Trinajstić information content (AvgIpc) is 3.33. The molecule has 0 unspecified atom stereocenters. The Labute approximate surface area is 186 Å². The van der Waals surface area contributed by atoms with Crippen molar-refractivity contribution in [2.24, 2.45) is 4.99 Å². The zero-order valence-electron chi connectivity index (χ0n) is 17.6. The van der Waals surface area contributed by atoms with Crippen molar-refractivity contribution in [1.29, 1.82) is 0 Å². The van der Waals surface area contributed by atoms with Gasteiger partial charge in [0, 0.05) is 5.56 Å². The van der Waals surface area contributed by atoms with Crippen molar-refractivity contribution in [3.05, 3.63) is 90.5 Å². The van der Waals surface area contributed by atoms with Gasteiger partial charge in [-0.2, -0.15) is 0 Å². The van der Waals surface area contributed by atoms with Crippen molar-refractivity contribution in [2.75, 3.05) is 13.2 Å². The van der Waals surface area contributed by atoms with Gasteiger partial charge in [-0.15, -0.1) is 13.2 Å². The minimum Gasteiger partial charge on any atom is -0.494 e. The van der Waals surface area contributed by atoms with E-state index in [2.05, 4.69) is 23.1 Å². The molecule has 0 radical (unpaired) electrons. The minimum atomic E-state index is -0.390. The Morgan fingerprint density at radius 3 is 1.91 bits per heavy atom. The fourth-order valence-corrected chi connectivity index (χ4v) is 3.52. The Morgan fingerprint density at radius 1 is 0.844 bits per heavy atom. The second-order valence-corrected chi connectivity index (χ2v) is 7.26. The third-order valence-corrected chi connectivity index (χ3v) is 5.10. The predicted molar refractivity (Wildman–Crippen MR) is 125 cm³/mol. The molecule has 2 heterocycles. The van der Waals surface area contributed by atoms with Crippen molar-refractivity contribution in [2.45, 2.75) is 12.8 Å². The molecule has 1 amide bonds. The molecule has 2 aromatic carbocycles. The van der Waals surface area contributed by atoms with Crippen molar-refractivity contribution < 1.29 is 19.4 Å². The van der Waals surface area contributed by atoms with Crippen molar-refractivity contribution in [1.82, 2.24) is 4.98 Å². The molecule has 0 fully saturated rings. The molecule has 0 spiro atoms. The zero-order chi connectivity index (χ0) is 22.5. The van der Waals surface area contributed by atoms with E-state index in [1.165, 1.54) is 0 Å². The van der Waals surface area contributed by atoms with E-state index in [9.17, 15) is 9.90 Å². The number of nitrogens with one attached hydrogen (secondary N) is 1. The third-order valence-electron chi connectivity index (χ3n) is 5.10. The molecular formula is C26H24N2O4. The lowest BCUT2D eigenvalue weighted by Gasteiger charge is -2.06. The van der Waals surface area contributed by atoms with Crippen molar-refractivity contribution in [3.63, 3.8) is 0 Å². The van der Waals surface area contributed by atoms with Crippen LogP contribution in [0.5, 0.6) is 17.4 Å². The number of amides is 1. The van der Waals surface area contributed by atoms with E-state index in [1.54, 1.807) is 12.2 Å². The molecule has 0 atom stereocenters. The number of carbonyl (C=O) groups excluding carboxylic acids is 1. The van der Waals surface area contributed by atoms with Gasteiger partial charge in [0.1, 0.15) is 11.5 Å². The van der Waals surface area contributed by atoms with E-state index < -0.39 is 0 Å². The highest BCUT2D eigenvalue weighted by atomic mass is 16.5. The SMILES string of the molecule is C=CCCOc1ccc(C2=NC(=O)c3c(-c4ccc(OCCC=C)cc4)[nH]c(O)c32)cc1. The van der Waals surface area contributed by atoms with Crippen LogP contribution in [0.15, 0.2) is 78.8 Å². The fraction of sp³-hybridized carbons (Fsp3) is 0.154. The van der Waals surface area contributed by atoms with E-state index in [1.807, 2.05) is 48.5 Å². The van der Waals surface area contributed by atoms with Gasteiger partial charge in [0.25, 0.3) is 5.91 Å². The largest absolute Gasteiger partial charge is 0.494 e. The number of aromatic hydroxyl groups is 1. The van der Waals surface area contributed by atoms with Crippen LogP contribution in [0.1, 0.15) is 34.3 Å². The first-order valence-corrected chi connectivity index (χ1v) is 10.4. The van der Waals surface area contributed by atoms with Crippen LogP contribution < -0.4 is 9.47 Å². The summed E-state index contributed by atoms with van der Waals surface area (Å²) in [5, 5.41) is 10.6. The summed E-state index contributed by atoms with van der Waals surface area (Å²) in [6.45, 7) is 8.45. The maximum absolute atomic E-state index is 12.8. The summed E-state index contributed by atoms with van der Waals surface area (Å²) >= 11 is 0. The molecule has 0 saturated carbocycles. The number of ether oxygens (including phenoxy) is 2. The Morgan fingerprint density at radius 2 is 1.38 bits per heavy atom. The molecule has 1 aromatic heterocycles. The summed E-state index contributed by atoms with van der Waals surface area (Å²) in [6.07, 6.45) is 5.11. The summed E-state index contributed by atoms with van der Waals surface area (Å²) in [7, 11) is 0. The smallest absolute Gasteiger partial charge is 0.280 e. The number of aromatic amines is 1. The number of H-pyrrole nitrogens is 1. The summed E-state index contributed by atoms with van der Waals surface area (Å²) < 4.78 is 11.3. The molecule has 0 bridgehead atoms. The summed E-state index contributed by atoms with van der Waals surface area (Å²) in [5.41, 5.74) is 3.23. The number of hydrogen-bond acceptors (Lipinski definition) is 4. The molecule has 1 aliphatic rings. The molecule has 6 heteroatoms. The van der Waals surface area contributed by atoms with Gasteiger partial charge in [0.15, 0.2) is 5.88 Å². The monoisotopic (exact) mass is 428 g/mol. The summed E-state index contributed by atoms with van der Waals surface area (Å²) in [5.74, 6) is 0.966. The van der Waals surface area contributed by atoms with Crippen LogP contribution in [0.3, 0.4) is 0 Å². The standard InChI is InChI=1S/C26H24N2O4/c1-3-5-15-31-19-11-7-17(8-12-19)23-21-22(26(30)27-23)24(28-25(21)29)18-9-13-20(14-10-18)32-16-6-4-2/h3-4,7-14,27,30H,1-2,5-6,15-16H2. The second kappa shape index (κ2) is 9.39. The average molecular weight is 428 g/mol. The van der Waals surface area contributed by atoms with Gasteiger partial charge in [0.05, 0.1) is 35.7 Å². The molecular weight excluding hydrogens is 404 g/mol. The number of benzene rings is 2. The van der Waals surface area contributed by atoms with Crippen LogP contribution in [-0.2, 0) is 0 Å². The molecule has 32 heavy (non-hydrogen) atoms. The quantitative estimate of drug-likeness (QED) is 0.340. The number of nitrogens with zero attached hydrogens (tertiary/aromatic N) is 1. The molecule has 0 saturated heterocycles. The van der Waals surface area contributed by atoms with Gasteiger partial charge < -0.3 is 19.6 Å². The van der Waals surface area contributed by atoms with Gasteiger partial charge in [-0.05, 0) is 66.9 Å². The van der Waals surface area contributed by atoms with Crippen molar-refractivity contribution in [3.8, 4) is 28.6 Å². The van der Waals surface area contributed by atoms with Gasteiger partial charge in [-0.3, -0.25) is 4.79 Å². The Balaban J connectivity index is 1.58. The molecule has 2 N–H and O–H groups in total. The number of rotatable bonds is 10. The highest BCUT2D eigenvalue weighted by Gasteiger charge is 2.33. The molecule has 0 aliphatic carbocycles. The lowest BCUT2D eigenvalue weighted by atomic mass is 10.00. The lowest BCUT2D eigenvalue weighted by Crippen LogP contribution is -2.01. The first kappa shape index (κ1) is 21.2. The zero-order valence-corrected chi connectivity index (χ0v) is 17.6. The molecule has 162 valence electrons. The number of carbonyl (C=O) groups is 1. The lowest BCUT2D eigenvalue weighted by molar-refractivity contribution is 0.101.